The van der Waals surface area contributed by atoms with Crippen molar-refractivity contribution in [3.63, 3.8) is 0 Å². The van der Waals surface area contributed by atoms with Crippen molar-refractivity contribution in [1.82, 2.24) is 14.5 Å². The fourth-order valence-electron chi connectivity index (χ4n) is 3.41. The normalized spacial score (nSPS) is 11.0. The summed E-state index contributed by atoms with van der Waals surface area (Å²) in [4.78, 5) is 32.6. The Hall–Kier alpha value is -2.95. The van der Waals surface area contributed by atoms with E-state index in [9.17, 15) is 9.59 Å². The van der Waals surface area contributed by atoms with Gasteiger partial charge in [-0.25, -0.2) is 4.98 Å². The van der Waals surface area contributed by atoms with Gasteiger partial charge in [-0.3, -0.25) is 14.2 Å². The summed E-state index contributed by atoms with van der Waals surface area (Å²) in [7, 11) is 0. The van der Waals surface area contributed by atoms with Crippen molar-refractivity contribution in [2.75, 3.05) is 13.1 Å². The summed E-state index contributed by atoms with van der Waals surface area (Å²) in [6.45, 7) is 7.79. The Morgan fingerprint density at radius 1 is 1.07 bits per heavy atom. The van der Waals surface area contributed by atoms with Gasteiger partial charge < -0.3 is 4.90 Å². The SMILES string of the molecule is CCCN(CCC)C(=O)c1cc2cccnc2n(Cc2ccc(C)cc2)c1=O. The zero-order chi connectivity index (χ0) is 20.1. The number of benzene rings is 1. The van der Waals surface area contributed by atoms with E-state index in [0.29, 0.717) is 25.3 Å². The highest BCUT2D eigenvalue weighted by molar-refractivity contribution is 5.97. The maximum Gasteiger partial charge on any atom is 0.265 e. The molecule has 0 atom stereocenters. The van der Waals surface area contributed by atoms with Crippen LogP contribution in [0.2, 0.25) is 0 Å². The van der Waals surface area contributed by atoms with Gasteiger partial charge in [0.15, 0.2) is 0 Å². The van der Waals surface area contributed by atoms with Crippen molar-refractivity contribution >= 4 is 16.9 Å². The number of rotatable bonds is 7. The van der Waals surface area contributed by atoms with Crippen molar-refractivity contribution in [2.24, 2.45) is 0 Å². The Bertz CT molecular complexity index is 1020. The number of aryl methyl sites for hydroxylation is 1. The van der Waals surface area contributed by atoms with E-state index < -0.39 is 0 Å². The lowest BCUT2D eigenvalue weighted by molar-refractivity contribution is 0.0753. The standard InChI is InChI=1S/C23H27N3O2/c1-4-13-25(14-5-2)22(27)20-15-19-7-6-12-24-21(19)26(23(20)28)16-18-10-8-17(3)9-11-18/h6-12,15H,4-5,13-14,16H2,1-3H3. The molecule has 0 saturated heterocycles. The topological polar surface area (TPSA) is 55.2 Å². The first-order chi connectivity index (χ1) is 13.5. The Morgan fingerprint density at radius 2 is 1.75 bits per heavy atom. The van der Waals surface area contributed by atoms with E-state index in [1.165, 1.54) is 0 Å². The molecule has 0 saturated carbocycles. The molecule has 0 unspecified atom stereocenters. The minimum absolute atomic E-state index is 0.197. The number of aromatic nitrogens is 2. The first-order valence-electron chi connectivity index (χ1n) is 9.88. The number of hydrogen-bond acceptors (Lipinski definition) is 3. The van der Waals surface area contributed by atoms with Crippen LogP contribution in [0.1, 0.15) is 48.2 Å². The van der Waals surface area contributed by atoms with Crippen LogP contribution in [0.3, 0.4) is 0 Å². The number of carbonyl (C=O) groups is 1. The zero-order valence-corrected chi connectivity index (χ0v) is 16.8. The predicted molar refractivity (Wildman–Crippen MR) is 113 cm³/mol. The van der Waals surface area contributed by atoms with Crippen LogP contribution in [0, 0.1) is 6.92 Å². The van der Waals surface area contributed by atoms with Crippen molar-refractivity contribution in [1.29, 1.82) is 0 Å². The van der Waals surface area contributed by atoms with Crippen LogP contribution in [0.15, 0.2) is 53.5 Å². The van der Waals surface area contributed by atoms with Crippen LogP contribution < -0.4 is 5.56 Å². The molecule has 0 radical (unpaired) electrons. The molecule has 1 amide bonds. The maximum absolute atomic E-state index is 13.3. The van der Waals surface area contributed by atoms with Gasteiger partial charge in [0, 0.05) is 24.7 Å². The molecular weight excluding hydrogens is 350 g/mol. The third-order valence-corrected chi connectivity index (χ3v) is 4.81. The quantitative estimate of drug-likeness (QED) is 0.625. The molecule has 0 aliphatic rings. The Kier molecular flexibility index (Phi) is 6.24. The Morgan fingerprint density at radius 3 is 2.39 bits per heavy atom. The van der Waals surface area contributed by atoms with E-state index in [0.717, 1.165) is 29.4 Å². The van der Waals surface area contributed by atoms with E-state index in [-0.39, 0.29) is 17.0 Å². The number of carbonyl (C=O) groups excluding carboxylic acids is 1. The average Bonchev–Trinajstić information content (AvgIpc) is 2.70. The highest BCUT2D eigenvalue weighted by Gasteiger charge is 2.21. The highest BCUT2D eigenvalue weighted by Crippen LogP contribution is 2.15. The number of nitrogens with zero attached hydrogens (tertiary/aromatic N) is 3. The van der Waals surface area contributed by atoms with E-state index in [1.807, 2.05) is 57.2 Å². The van der Waals surface area contributed by atoms with E-state index in [4.69, 9.17) is 0 Å². The molecule has 28 heavy (non-hydrogen) atoms. The lowest BCUT2D eigenvalue weighted by atomic mass is 10.1. The number of amides is 1. The molecule has 0 fully saturated rings. The zero-order valence-electron chi connectivity index (χ0n) is 16.8. The minimum Gasteiger partial charge on any atom is -0.338 e. The molecule has 0 aliphatic carbocycles. The largest absolute Gasteiger partial charge is 0.338 e. The van der Waals surface area contributed by atoms with Crippen LogP contribution in [-0.4, -0.2) is 33.4 Å². The van der Waals surface area contributed by atoms with Gasteiger partial charge in [0.05, 0.1) is 6.54 Å². The summed E-state index contributed by atoms with van der Waals surface area (Å²) in [6, 6.07) is 13.5. The second-order valence-corrected chi connectivity index (χ2v) is 7.14. The summed E-state index contributed by atoms with van der Waals surface area (Å²) in [6.07, 6.45) is 3.40. The van der Waals surface area contributed by atoms with E-state index >= 15 is 0 Å². The third kappa shape index (κ3) is 4.14. The van der Waals surface area contributed by atoms with Gasteiger partial charge in [-0.05, 0) is 43.5 Å². The van der Waals surface area contributed by atoms with Crippen LogP contribution >= 0.6 is 0 Å². The first kappa shape index (κ1) is 19.8. The molecule has 146 valence electrons. The van der Waals surface area contributed by atoms with Crippen molar-refractivity contribution < 1.29 is 4.79 Å². The molecule has 2 heterocycles. The number of pyridine rings is 2. The molecule has 0 N–H and O–H groups in total. The van der Waals surface area contributed by atoms with Gasteiger partial charge in [0.2, 0.25) is 0 Å². The molecule has 1 aromatic carbocycles. The lowest BCUT2D eigenvalue weighted by Crippen LogP contribution is -2.38. The van der Waals surface area contributed by atoms with Gasteiger partial charge in [-0.1, -0.05) is 43.7 Å². The lowest BCUT2D eigenvalue weighted by Gasteiger charge is -2.22. The second kappa shape index (κ2) is 8.83. The average molecular weight is 377 g/mol. The Balaban J connectivity index is 2.12. The fourth-order valence-corrected chi connectivity index (χ4v) is 3.41. The van der Waals surface area contributed by atoms with Crippen molar-refractivity contribution in [2.45, 2.75) is 40.2 Å². The molecular formula is C23H27N3O2. The molecule has 0 spiro atoms. The molecule has 5 heteroatoms. The van der Waals surface area contributed by atoms with Gasteiger partial charge in [0.1, 0.15) is 11.2 Å². The van der Waals surface area contributed by atoms with Gasteiger partial charge in [-0.2, -0.15) is 0 Å². The van der Waals surface area contributed by atoms with Gasteiger partial charge in [-0.15, -0.1) is 0 Å². The number of hydrogen-bond donors (Lipinski definition) is 0. The highest BCUT2D eigenvalue weighted by atomic mass is 16.2. The van der Waals surface area contributed by atoms with E-state index in [2.05, 4.69) is 4.98 Å². The number of fused-ring (bicyclic) bond motifs is 1. The Labute approximate surface area is 165 Å². The van der Waals surface area contributed by atoms with Crippen LogP contribution in [0.25, 0.3) is 11.0 Å². The molecule has 2 aromatic heterocycles. The summed E-state index contributed by atoms with van der Waals surface area (Å²) < 4.78 is 1.61. The smallest absolute Gasteiger partial charge is 0.265 e. The molecule has 5 nitrogen and oxygen atoms in total. The summed E-state index contributed by atoms with van der Waals surface area (Å²) >= 11 is 0. The molecule has 3 aromatic rings. The molecule has 0 aliphatic heterocycles. The molecule has 0 bridgehead atoms. The van der Waals surface area contributed by atoms with E-state index in [1.54, 1.807) is 21.7 Å². The monoisotopic (exact) mass is 377 g/mol. The maximum atomic E-state index is 13.3. The van der Waals surface area contributed by atoms with Crippen LogP contribution in [0.4, 0.5) is 0 Å². The van der Waals surface area contributed by atoms with Crippen molar-refractivity contribution in [3.05, 3.63) is 75.7 Å². The first-order valence-corrected chi connectivity index (χ1v) is 9.88. The predicted octanol–water partition coefficient (Wildman–Crippen LogP) is 4.02. The fraction of sp³-hybridized carbons (Fsp3) is 0.348. The second-order valence-electron chi connectivity index (χ2n) is 7.14. The van der Waals surface area contributed by atoms with Crippen LogP contribution in [0.5, 0.6) is 0 Å². The van der Waals surface area contributed by atoms with Gasteiger partial charge >= 0.3 is 0 Å². The minimum atomic E-state index is -0.283. The van der Waals surface area contributed by atoms with Gasteiger partial charge in [0.25, 0.3) is 11.5 Å². The van der Waals surface area contributed by atoms with Crippen molar-refractivity contribution in [3.8, 4) is 0 Å². The summed E-state index contributed by atoms with van der Waals surface area (Å²) in [5.74, 6) is -0.197. The molecule has 3 rings (SSSR count). The van der Waals surface area contributed by atoms with Crippen LogP contribution in [-0.2, 0) is 6.54 Å². The summed E-state index contributed by atoms with van der Waals surface area (Å²) in [5, 5.41) is 0.797. The third-order valence-electron chi connectivity index (χ3n) is 4.81. The summed E-state index contributed by atoms with van der Waals surface area (Å²) in [5.41, 5.74) is 2.70.